The van der Waals surface area contributed by atoms with Crippen molar-refractivity contribution in [3.63, 3.8) is 0 Å². The zero-order valence-corrected chi connectivity index (χ0v) is 14.2. The first kappa shape index (κ1) is 17.6. The minimum Gasteiger partial charge on any atom is -0.495 e. The van der Waals surface area contributed by atoms with Crippen molar-refractivity contribution >= 4 is 17.5 Å². The highest BCUT2D eigenvalue weighted by atomic mass is 16.5. The summed E-state index contributed by atoms with van der Waals surface area (Å²) in [6.45, 7) is 4.14. The maximum Gasteiger partial charge on any atom is 0.248 e. The third-order valence-corrected chi connectivity index (χ3v) is 3.73. The number of anilines is 1. The minimum atomic E-state index is -0.558. The summed E-state index contributed by atoms with van der Waals surface area (Å²) in [6, 6.07) is 8.13. The third kappa shape index (κ3) is 4.16. The Morgan fingerprint density at radius 1 is 1.25 bits per heavy atom. The van der Waals surface area contributed by atoms with Crippen LogP contribution in [0.15, 0.2) is 42.7 Å². The van der Waals surface area contributed by atoms with Crippen LogP contribution in [-0.2, 0) is 4.79 Å². The lowest BCUT2D eigenvalue weighted by molar-refractivity contribution is -0.119. The Morgan fingerprint density at radius 2 is 1.92 bits per heavy atom. The van der Waals surface area contributed by atoms with Gasteiger partial charge in [0, 0.05) is 18.0 Å². The number of ether oxygens (including phenoxy) is 1. The molecule has 2 aromatic rings. The van der Waals surface area contributed by atoms with Crippen molar-refractivity contribution < 1.29 is 14.3 Å². The summed E-state index contributed by atoms with van der Waals surface area (Å²) < 4.78 is 7.13. The summed E-state index contributed by atoms with van der Waals surface area (Å²) in [5, 5.41) is 2.86. The Labute approximate surface area is 141 Å². The van der Waals surface area contributed by atoms with Crippen molar-refractivity contribution in [3.05, 3.63) is 48.3 Å². The summed E-state index contributed by atoms with van der Waals surface area (Å²) in [4.78, 5) is 24.2. The fourth-order valence-electron chi connectivity index (χ4n) is 2.54. The number of methoxy groups -OCH3 is 1. The molecular formula is C18H23N3O3. The molecule has 0 aliphatic heterocycles. The second-order valence-electron chi connectivity index (χ2n) is 6.04. The number of nitrogens with zero attached hydrogens (tertiary/aromatic N) is 1. The standard InChI is InChI=1S/C18H23N3O3/c1-12(2)10-15(21-8-4-5-9-21)18(23)20-14-11-13(17(19)22)6-7-16(14)24-3/h4-9,11-12,15H,10H2,1-3H3,(H2,19,22)(H,20,23)/t15-/m1/s1. The molecule has 0 aliphatic carbocycles. The van der Waals surface area contributed by atoms with Crippen LogP contribution in [0.25, 0.3) is 0 Å². The molecule has 128 valence electrons. The van der Waals surface area contributed by atoms with E-state index in [2.05, 4.69) is 19.2 Å². The van der Waals surface area contributed by atoms with Gasteiger partial charge in [0.05, 0.1) is 12.8 Å². The van der Waals surface area contributed by atoms with Crippen molar-refractivity contribution in [3.8, 4) is 5.75 Å². The molecule has 0 saturated heterocycles. The van der Waals surface area contributed by atoms with E-state index in [0.29, 0.717) is 29.3 Å². The molecule has 2 amide bonds. The van der Waals surface area contributed by atoms with E-state index >= 15 is 0 Å². The minimum absolute atomic E-state index is 0.167. The smallest absolute Gasteiger partial charge is 0.248 e. The maximum absolute atomic E-state index is 12.8. The van der Waals surface area contributed by atoms with Gasteiger partial charge in [0.15, 0.2) is 0 Å². The average Bonchev–Trinajstić information content (AvgIpc) is 3.06. The van der Waals surface area contributed by atoms with Crippen LogP contribution in [0.1, 0.15) is 36.7 Å². The van der Waals surface area contributed by atoms with Gasteiger partial charge in [-0.05, 0) is 42.7 Å². The van der Waals surface area contributed by atoms with E-state index in [1.165, 1.54) is 13.2 Å². The van der Waals surface area contributed by atoms with Crippen molar-refractivity contribution in [2.45, 2.75) is 26.3 Å². The average molecular weight is 329 g/mol. The van der Waals surface area contributed by atoms with Gasteiger partial charge in [0.2, 0.25) is 11.8 Å². The fraction of sp³-hybridized carbons (Fsp3) is 0.333. The van der Waals surface area contributed by atoms with E-state index in [4.69, 9.17) is 10.5 Å². The lowest BCUT2D eigenvalue weighted by atomic mass is 10.0. The number of aromatic nitrogens is 1. The van der Waals surface area contributed by atoms with Crippen LogP contribution in [0.5, 0.6) is 5.75 Å². The number of nitrogens with two attached hydrogens (primary N) is 1. The molecule has 0 aliphatic rings. The van der Waals surface area contributed by atoms with Crippen molar-refractivity contribution in [2.75, 3.05) is 12.4 Å². The number of amides is 2. The first-order chi connectivity index (χ1) is 11.4. The summed E-state index contributed by atoms with van der Waals surface area (Å²) in [5.74, 6) is 0.100. The van der Waals surface area contributed by atoms with Gasteiger partial charge < -0.3 is 20.4 Å². The van der Waals surface area contributed by atoms with Crippen LogP contribution in [0, 0.1) is 5.92 Å². The van der Waals surface area contributed by atoms with Gasteiger partial charge in [0.1, 0.15) is 11.8 Å². The van der Waals surface area contributed by atoms with E-state index in [0.717, 1.165) is 0 Å². The Bertz CT molecular complexity index is 708. The predicted octanol–water partition coefficient (Wildman–Crippen LogP) is 2.82. The van der Waals surface area contributed by atoms with E-state index < -0.39 is 5.91 Å². The second-order valence-corrected chi connectivity index (χ2v) is 6.04. The number of hydrogen-bond acceptors (Lipinski definition) is 3. The molecule has 0 unspecified atom stereocenters. The van der Waals surface area contributed by atoms with Crippen LogP contribution in [0.3, 0.4) is 0 Å². The zero-order valence-electron chi connectivity index (χ0n) is 14.2. The van der Waals surface area contributed by atoms with Gasteiger partial charge in [0.25, 0.3) is 0 Å². The normalized spacial score (nSPS) is 12.0. The molecule has 3 N–H and O–H groups in total. The van der Waals surface area contributed by atoms with Gasteiger partial charge >= 0.3 is 0 Å². The summed E-state index contributed by atoms with van der Waals surface area (Å²) >= 11 is 0. The molecule has 2 rings (SSSR count). The second kappa shape index (κ2) is 7.68. The highest BCUT2D eigenvalue weighted by Gasteiger charge is 2.22. The number of nitrogens with one attached hydrogen (secondary N) is 1. The highest BCUT2D eigenvalue weighted by molar-refractivity contribution is 5.98. The van der Waals surface area contributed by atoms with Gasteiger partial charge in [-0.3, -0.25) is 9.59 Å². The number of benzene rings is 1. The van der Waals surface area contributed by atoms with E-state index in [-0.39, 0.29) is 11.9 Å². The molecule has 1 atom stereocenters. The number of hydrogen-bond donors (Lipinski definition) is 2. The molecule has 6 nitrogen and oxygen atoms in total. The summed E-state index contributed by atoms with van der Waals surface area (Å²) in [5.41, 5.74) is 6.05. The highest BCUT2D eigenvalue weighted by Crippen LogP contribution is 2.27. The van der Waals surface area contributed by atoms with Gasteiger partial charge in [-0.2, -0.15) is 0 Å². The third-order valence-electron chi connectivity index (χ3n) is 3.73. The van der Waals surface area contributed by atoms with Crippen LogP contribution >= 0.6 is 0 Å². The first-order valence-electron chi connectivity index (χ1n) is 7.83. The Kier molecular flexibility index (Phi) is 5.63. The zero-order chi connectivity index (χ0) is 17.7. The van der Waals surface area contributed by atoms with Crippen LogP contribution in [0.4, 0.5) is 5.69 Å². The quantitative estimate of drug-likeness (QED) is 0.819. The summed E-state index contributed by atoms with van der Waals surface area (Å²) in [7, 11) is 1.51. The Morgan fingerprint density at radius 3 is 2.46 bits per heavy atom. The molecule has 0 bridgehead atoms. The number of carbonyl (C=O) groups excluding carboxylic acids is 2. The largest absolute Gasteiger partial charge is 0.495 e. The van der Waals surface area contributed by atoms with Crippen LogP contribution < -0.4 is 15.8 Å². The van der Waals surface area contributed by atoms with Crippen LogP contribution in [-0.4, -0.2) is 23.5 Å². The van der Waals surface area contributed by atoms with Gasteiger partial charge in [-0.15, -0.1) is 0 Å². The number of carbonyl (C=O) groups is 2. The number of rotatable bonds is 7. The molecule has 6 heteroatoms. The molecule has 0 spiro atoms. The van der Waals surface area contributed by atoms with Crippen LogP contribution in [0.2, 0.25) is 0 Å². The monoisotopic (exact) mass is 329 g/mol. The van der Waals surface area contributed by atoms with Crippen molar-refractivity contribution in [1.82, 2.24) is 4.57 Å². The topological polar surface area (TPSA) is 86.3 Å². The Hall–Kier alpha value is -2.76. The molecule has 0 radical (unpaired) electrons. The maximum atomic E-state index is 12.8. The molecular weight excluding hydrogens is 306 g/mol. The van der Waals surface area contributed by atoms with E-state index in [1.54, 1.807) is 12.1 Å². The molecule has 1 aromatic carbocycles. The lowest BCUT2D eigenvalue weighted by Crippen LogP contribution is -2.27. The predicted molar refractivity (Wildman–Crippen MR) is 93.1 cm³/mol. The molecule has 24 heavy (non-hydrogen) atoms. The lowest BCUT2D eigenvalue weighted by Gasteiger charge is -2.21. The molecule has 1 aromatic heterocycles. The van der Waals surface area contributed by atoms with Gasteiger partial charge in [-0.1, -0.05) is 13.8 Å². The van der Waals surface area contributed by atoms with E-state index in [1.807, 2.05) is 29.1 Å². The molecule has 0 saturated carbocycles. The van der Waals surface area contributed by atoms with E-state index in [9.17, 15) is 9.59 Å². The summed E-state index contributed by atoms with van der Waals surface area (Å²) in [6.07, 6.45) is 4.42. The Balaban J connectivity index is 2.29. The number of primary amides is 1. The first-order valence-corrected chi connectivity index (χ1v) is 7.83. The molecule has 0 fully saturated rings. The molecule has 1 heterocycles. The van der Waals surface area contributed by atoms with Crippen molar-refractivity contribution in [2.24, 2.45) is 11.7 Å². The van der Waals surface area contributed by atoms with Crippen molar-refractivity contribution in [1.29, 1.82) is 0 Å². The fourth-order valence-corrected chi connectivity index (χ4v) is 2.54. The van der Waals surface area contributed by atoms with Gasteiger partial charge in [-0.25, -0.2) is 0 Å². The SMILES string of the molecule is COc1ccc(C(N)=O)cc1NC(=O)[C@@H](CC(C)C)n1cccc1.